The van der Waals surface area contributed by atoms with Gasteiger partial charge in [-0.15, -0.1) is 0 Å². The number of fused-ring (bicyclic) bond motifs is 1. The SMILES string of the molecule is O=C(NCCCc1nc2ccc(F)cc2[nH]1)c1ccccc1N1CCOCC1. The normalized spacial score (nSPS) is 14.4. The summed E-state index contributed by atoms with van der Waals surface area (Å²) in [6.07, 6.45) is 1.43. The Morgan fingerprint density at radius 3 is 2.89 bits per heavy atom. The number of amides is 1. The molecule has 1 amide bonds. The van der Waals surface area contributed by atoms with E-state index in [9.17, 15) is 9.18 Å². The molecule has 28 heavy (non-hydrogen) atoms. The van der Waals surface area contributed by atoms with Crippen molar-refractivity contribution in [1.29, 1.82) is 0 Å². The predicted octanol–water partition coefficient (Wildman–Crippen LogP) is 2.90. The van der Waals surface area contributed by atoms with Crippen LogP contribution in [0.5, 0.6) is 0 Å². The molecule has 1 fully saturated rings. The Labute approximate surface area is 162 Å². The summed E-state index contributed by atoms with van der Waals surface area (Å²) in [5.74, 6) is 0.436. The van der Waals surface area contributed by atoms with Crippen LogP contribution in [-0.4, -0.2) is 48.7 Å². The van der Waals surface area contributed by atoms with E-state index >= 15 is 0 Å². The van der Waals surface area contributed by atoms with Crippen LogP contribution in [-0.2, 0) is 11.2 Å². The van der Waals surface area contributed by atoms with Crippen LogP contribution in [0, 0.1) is 5.82 Å². The Morgan fingerprint density at radius 1 is 1.21 bits per heavy atom. The van der Waals surface area contributed by atoms with Crippen molar-refractivity contribution in [3.8, 4) is 0 Å². The van der Waals surface area contributed by atoms with Gasteiger partial charge < -0.3 is 19.9 Å². The number of para-hydroxylation sites is 1. The minimum Gasteiger partial charge on any atom is -0.378 e. The second kappa shape index (κ2) is 8.39. The van der Waals surface area contributed by atoms with Crippen molar-refractivity contribution >= 4 is 22.6 Å². The minimum atomic E-state index is -0.283. The Morgan fingerprint density at radius 2 is 2.04 bits per heavy atom. The van der Waals surface area contributed by atoms with E-state index in [4.69, 9.17) is 4.74 Å². The van der Waals surface area contributed by atoms with Crippen molar-refractivity contribution in [3.05, 3.63) is 59.7 Å². The molecule has 4 rings (SSSR count). The molecule has 146 valence electrons. The lowest BCUT2D eigenvalue weighted by molar-refractivity contribution is 0.0951. The van der Waals surface area contributed by atoms with Crippen molar-refractivity contribution in [2.24, 2.45) is 0 Å². The fourth-order valence-corrected chi connectivity index (χ4v) is 3.45. The number of H-pyrrole nitrogens is 1. The number of rotatable bonds is 6. The number of hydrogen-bond donors (Lipinski definition) is 2. The van der Waals surface area contributed by atoms with Crippen molar-refractivity contribution in [3.63, 3.8) is 0 Å². The average molecular weight is 382 g/mol. The number of benzene rings is 2. The number of aromatic nitrogens is 2. The molecule has 2 N–H and O–H groups in total. The number of carbonyl (C=O) groups excluding carboxylic acids is 1. The topological polar surface area (TPSA) is 70.2 Å². The molecule has 0 radical (unpaired) electrons. The van der Waals surface area contributed by atoms with Gasteiger partial charge in [-0.05, 0) is 36.8 Å². The molecule has 0 saturated carbocycles. The van der Waals surface area contributed by atoms with Gasteiger partial charge in [-0.3, -0.25) is 4.79 Å². The van der Waals surface area contributed by atoms with Crippen LogP contribution >= 0.6 is 0 Å². The Kier molecular flexibility index (Phi) is 5.53. The number of ether oxygens (including phenoxy) is 1. The molecule has 1 aliphatic heterocycles. The van der Waals surface area contributed by atoms with E-state index in [-0.39, 0.29) is 11.7 Å². The lowest BCUT2D eigenvalue weighted by Gasteiger charge is -2.30. The monoisotopic (exact) mass is 382 g/mol. The van der Waals surface area contributed by atoms with Gasteiger partial charge in [-0.25, -0.2) is 9.37 Å². The number of imidazole rings is 1. The summed E-state index contributed by atoms with van der Waals surface area (Å²) in [5, 5.41) is 2.99. The summed E-state index contributed by atoms with van der Waals surface area (Å²) < 4.78 is 18.7. The molecular weight excluding hydrogens is 359 g/mol. The standard InChI is InChI=1S/C21H23FN4O2/c22-15-7-8-17-18(14-15)25-20(24-17)6-3-9-23-21(27)16-4-1-2-5-19(16)26-10-12-28-13-11-26/h1-2,4-5,7-8,14H,3,6,9-13H2,(H,23,27)(H,24,25). The number of carbonyl (C=O) groups is 1. The van der Waals surface area contributed by atoms with Gasteiger partial charge >= 0.3 is 0 Å². The zero-order valence-electron chi connectivity index (χ0n) is 15.6. The molecular formula is C21H23FN4O2. The lowest BCUT2D eigenvalue weighted by atomic mass is 10.1. The van der Waals surface area contributed by atoms with Gasteiger partial charge in [0.2, 0.25) is 0 Å². The predicted molar refractivity (Wildman–Crippen MR) is 106 cm³/mol. The number of nitrogens with zero attached hydrogens (tertiary/aromatic N) is 2. The average Bonchev–Trinajstić information content (AvgIpc) is 3.13. The quantitative estimate of drug-likeness (QED) is 0.643. The van der Waals surface area contributed by atoms with E-state index in [1.165, 1.54) is 12.1 Å². The molecule has 0 atom stereocenters. The van der Waals surface area contributed by atoms with E-state index in [1.807, 2.05) is 24.3 Å². The van der Waals surface area contributed by atoms with Crippen molar-refractivity contribution in [2.75, 3.05) is 37.7 Å². The van der Waals surface area contributed by atoms with E-state index in [0.29, 0.717) is 37.3 Å². The summed E-state index contributed by atoms with van der Waals surface area (Å²) in [6, 6.07) is 12.2. The zero-order chi connectivity index (χ0) is 19.3. The molecule has 6 nitrogen and oxygen atoms in total. The van der Waals surface area contributed by atoms with Gasteiger partial charge in [0.15, 0.2) is 0 Å². The highest BCUT2D eigenvalue weighted by Gasteiger charge is 2.18. The molecule has 2 heterocycles. The molecule has 0 spiro atoms. The summed E-state index contributed by atoms with van der Waals surface area (Å²) in [7, 11) is 0. The number of anilines is 1. The third kappa shape index (κ3) is 4.14. The molecule has 1 aliphatic rings. The van der Waals surface area contributed by atoms with Gasteiger partial charge in [-0.2, -0.15) is 0 Å². The van der Waals surface area contributed by atoms with Crippen LogP contribution < -0.4 is 10.2 Å². The molecule has 3 aromatic rings. The number of nitrogens with one attached hydrogen (secondary N) is 2. The Bertz CT molecular complexity index is 966. The maximum atomic E-state index is 13.3. The minimum absolute atomic E-state index is 0.0752. The number of aryl methyl sites for hydroxylation is 1. The maximum absolute atomic E-state index is 13.3. The Balaban J connectivity index is 1.33. The van der Waals surface area contributed by atoms with E-state index < -0.39 is 0 Å². The van der Waals surface area contributed by atoms with Crippen molar-refractivity contribution < 1.29 is 13.9 Å². The molecule has 0 unspecified atom stereocenters. The van der Waals surface area contributed by atoms with Gasteiger partial charge in [0.05, 0.1) is 29.8 Å². The first-order chi connectivity index (χ1) is 13.7. The summed E-state index contributed by atoms with van der Waals surface area (Å²) in [4.78, 5) is 22.4. The van der Waals surface area contributed by atoms with Gasteiger partial charge in [0.25, 0.3) is 5.91 Å². The summed E-state index contributed by atoms with van der Waals surface area (Å²) in [5.41, 5.74) is 3.07. The van der Waals surface area contributed by atoms with Crippen LogP contribution in [0.15, 0.2) is 42.5 Å². The highest BCUT2D eigenvalue weighted by atomic mass is 19.1. The van der Waals surface area contributed by atoms with Crippen LogP contribution in [0.1, 0.15) is 22.6 Å². The van der Waals surface area contributed by atoms with Crippen LogP contribution in [0.2, 0.25) is 0 Å². The first-order valence-electron chi connectivity index (χ1n) is 9.55. The highest BCUT2D eigenvalue weighted by Crippen LogP contribution is 2.21. The molecule has 0 aliphatic carbocycles. The summed E-state index contributed by atoms with van der Waals surface area (Å²) in [6.45, 7) is 3.48. The lowest BCUT2D eigenvalue weighted by Crippen LogP contribution is -2.38. The smallest absolute Gasteiger partial charge is 0.253 e. The highest BCUT2D eigenvalue weighted by molar-refractivity contribution is 5.99. The van der Waals surface area contributed by atoms with E-state index in [1.54, 1.807) is 6.07 Å². The fourth-order valence-electron chi connectivity index (χ4n) is 3.45. The Hall–Kier alpha value is -2.93. The van der Waals surface area contributed by atoms with Gasteiger partial charge in [-0.1, -0.05) is 12.1 Å². The second-order valence-electron chi connectivity index (χ2n) is 6.82. The second-order valence-corrected chi connectivity index (χ2v) is 6.82. The van der Waals surface area contributed by atoms with Crippen LogP contribution in [0.25, 0.3) is 11.0 Å². The first-order valence-corrected chi connectivity index (χ1v) is 9.55. The number of halogens is 1. The molecule has 1 aromatic heterocycles. The molecule has 2 aromatic carbocycles. The molecule has 1 saturated heterocycles. The van der Waals surface area contributed by atoms with E-state index in [0.717, 1.165) is 36.5 Å². The zero-order valence-corrected chi connectivity index (χ0v) is 15.6. The van der Waals surface area contributed by atoms with Crippen molar-refractivity contribution in [2.45, 2.75) is 12.8 Å². The van der Waals surface area contributed by atoms with E-state index in [2.05, 4.69) is 20.2 Å². The van der Waals surface area contributed by atoms with Crippen molar-refractivity contribution in [1.82, 2.24) is 15.3 Å². The number of aromatic amines is 1. The molecule has 7 heteroatoms. The number of hydrogen-bond acceptors (Lipinski definition) is 4. The van der Waals surface area contributed by atoms with Gasteiger partial charge in [0, 0.05) is 31.7 Å². The first kappa shape index (κ1) is 18.4. The van der Waals surface area contributed by atoms with Crippen LogP contribution in [0.3, 0.4) is 0 Å². The number of morpholine rings is 1. The molecule has 0 bridgehead atoms. The third-order valence-corrected chi connectivity index (χ3v) is 4.87. The fraction of sp³-hybridized carbons (Fsp3) is 0.333. The largest absolute Gasteiger partial charge is 0.378 e. The van der Waals surface area contributed by atoms with Gasteiger partial charge in [0.1, 0.15) is 11.6 Å². The maximum Gasteiger partial charge on any atom is 0.253 e. The third-order valence-electron chi connectivity index (χ3n) is 4.87. The van der Waals surface area contributed by atoms with Crippen LogP contribution in [0.4, 0.5) is 10.1 Å². The summed E-state index contributed by atoms with van der Waals surface area (Å²) >= 11 is 0.